The van der Waals surface area contributed by atoms with Crippen LogP contribution in [0.4, 0.5) is 13.2 Å². The number of aliphatic hydroxyl groups excluding tert-OH is 1. The smallest absolute Gasteiger partial charge is 0.248 e. The Hall–Kier alpha value is -3.21. The summed E-state index contributed by atoms with van der Waals surface area (Å²) in [6.45, 7) is 1.33. The van der Waals surface area contributed by atoms with Crippen LogP contribution in [-0.4, -0.2) is 71.1 Å². The molecule has 0 radical (unpaired) electrons. The van der Waals surface area contributed by atoms with Crippen molar-refractivity contribution in [3.05, 3.63) is 77.8 Å². The van der Waals surface area contributed by atoms with Crippen LogP contribution in [0.25, 0.3) is 11.3 Å². The summed E-state index contributed by atoms with van der Waals surface area (Å²) in [6, 6.07) is 12.2. The van der Waals surface area contributed by atoms with Crippen LogP contribution in [0.15, 0.2) is 54.7 Å². The molecule has 3 heterocycles. The maximum Gasteiger partial charge on any atom is 0.248 e. The fourth-order valence-corrected chi connectivity index (χ4v) is 5.63. The highest BCUT2D eigenvalue weighted by atomic mass is 19.1. The van der Waals surface area contributed by atoms with Gasteiger partial charge in [0.25, 0.3) is 0 Å². The van der Waals surface area contributed by atoms with Gasteiger partial charge in [0.15, 0.2) is 0 Å². The molecule has 2 saturated heterocycles. The second-order valence-corrected chi connectivity index (χ2v) is 10.3. The lowest BCUT2D eigenvalue weighted by molar-refractivity contribution is -0.140. The normalized spacial score (nSPS) is 20.7. The Morgan fingerprint density at radius 3 is 2.62 bits per heavy atom. The Kier molecular flexibility index (Phi) is 8.64. The molecule has 3 atom stereocenters. The van der Waals surface area contributed by atoms with Crippen LogP contribution in [0.3, 0.4) is 0 Å². The quantitative estimate of drug-likeness (QED) is 0.431. The van der Waals surface area contributed by atoms with Gasteiger partial charge in [-0.05, 0) is 42.5 Å². The first-order valence-electron chi connectivity index (χ1n) is 13.3. The van der Waals surface area contributed by atoms with E-state index in [1.807, 2.05) is 34.9 Å². The first kappa shape index (κ1) is 27.4. The highest BCUT2D eigenvalue weighted by Crippen LogP contribution is 2.38. The summed E-state index contributed by atoms with van der Waals surface area (Å²) in [6.07, 6.45) is 1.80. The molecule has 2 fully saturated rings. The largest absolute Gasteiger partial charge is 0.387 e. The number of hydrogen-bond donors (Lipinski definition) is 2. The molecule has 2 N–H and O–H groups in total. The number of nitrogens with zero attached hydrogens (tertiary/aromatic N) is 3. The van der Waals surface area contributed by atoms with Crippen molar-refractivity contribution >= 4 is 5.91 Å². The van der Waals surface area contributed by atoms with Gasteiger partial charge in [0.2, 0.25) is 5.91 Å². The van der Waals surface area contributed by atoms with Crippen LogP contribution < -0.4 is 5.32 Å². The summed E-state index contributed by atoms with van der Waals surface area (Å²) in [7, 11) is 0. The van der Waals surface area contributed by atoms with E-state index >= 15 is 0 Å². The molecule has 0 bridgehead atoms. The molecule has 39 heavy (non-hydrogen) atoms. The van der Waals surface area contributed by atoms with E-state index < -0.39 is 42.3 Å². The molecule has 0 spiro atoms. The molecule has 208 valence electrons. The molecular formula is C29H33F3N4O3. The van der Waals surface area contributed by atoms with Gasteiger partial charge in [0.1, 0.15) is 30.2 Å². The second-order valence-electron chi connectivity index (χ2n) is 10.3. The molecule has 2 aromatic carbocycles. The van der Waals surface area contributed by atoms with Gasteiger partial charge < -0.3 is 24.6 Å². The standard InChI is InChI=1S/C29H33F3N4O3/c30-22-6-7-24(31)23(12-22)26-17-35(15-19-4-2-1-3-5-19)29(34-26)28(20-8-10-39-11-9-20)36(27(38)18-37)16-21-13-33-14-25(21)32/h1-7,12,17,20-21,25,28,33,37H,8-11,13-16,18H2/t21-,25-,28+/m0/s1. The van der Waals surface area contributed by atoms with Crippen molar-refractivity contribution in [3.8, 4) is 11.3 Å². The summed E-state index contributed by atoms with van der Waals surface area (Å²) in [5.74, 6) is -1.79. The molecule has 0 aliphatic carbocycles. The molecule has 0 saturated carbocycles. The van der Waals surface area contributed by atoms with E-state index in [1.54, 1.807) is 6.20 Å². The number of hydrogen-bond acceptors (Lipinski definition) is 5. The van der Waals surface area contributed by atoms with E-state index in [2.05, 4.69) is 5.32 Å². The Morgan fingerprint density at radius 1 is 1.15 bits per heavy atom. The van der Waals surface area contributed by atoms with Crippen molar-refractivity contribution in [2.24, 2.45) is 11.8 Å². The monoisotopic (exact) mass is 542 g/mol. The van der Waals surface area contributed by atoms with Crippen molar-refractivity contribution in [2.75, 3.05) is 39.5 Å². The van der Waals surface area contributed by atoms with Crippen molar-refractivity contribution in [3.63, 3.8) is 0 Å². The Balaban J connectivity index is 1.64. The summed E-state index contributed by atoms with van der Waals surface area (Å²) in [4.78, 5) is 19.6. The molecule has 1 amide bonds. The van der Waals surface area contributed by atoms with Crippen LogP contribution in [0, 0.1) is 23.5 Å². The van der Waals surface area contributed by atoms with Crippen molar-refractivity contribution < 1.29 is 27.8 Å². The van der Waals surface area contributed by atoms with E-state index in [0.29, 0.717) is 45.0 Å². The van der Waals surface area contributed by atoms with Gasteiger partial charge in [-0.1, -0.05) is 30.3 Å². The second kappa shape index (κ2) is 12.3. The minimum atomic E-state index is -1.13. The maximum atomic E-state index is 14.9. The maximum absolute atomic E-state index is 14.9. The van der Waals surface area contributed by atoms with E-state index in [4.69, 9.17) is 9.72 Å². The number of nitrogens with one attached hydrogen (secondary N) is 1. The number of ether oxygens (including phenoxy) is 1. The van der Waals surface area contributed by atoms with Gasteiger partial charge in [0.05, 0.1) is 11.7 Å². The zero-order valence-corrected chi connectivity index (χ0v) is 21.6. The molecule has 0 unspecified atom stereocenters. The van der Waals surface area contributed by atoms with Crippen molar-refractivity contribution in [1.82, 2.24) is 19.8 Å². The highest BCUT2D eigenvalue weighted by Gasteiger charge is 2.39. The summed E-state index contributed by atoms with van der Waals surface area (Å²) >= 11 is 0. The van der Waals surface area contributed by atoms with Gasteiger partial charge in [0, 0.05) is 57.1 Å². The first-order chi connectivity index (χ1) is 18.9. The van der Waals surface area contributed by atoms with Gasteiger partial charge in [-0.2, -0.15) is 0 Å². The minimum Gasteiger partial charge on any atom is -0.387 e. The predicted octanol–water partition coefficient (Wildman–Crippen LogP) is 3.72. The van der Waals surface area contributed by atoms with E-state index in [-0.39, 0.29) is 30.3 Å². The molecular weight excluding hydrogens is 509 g/mol. The number of aromatic nitrogens is 2. The number of aliphatic hydroxyl groups is 1. The van der Waals surface area contributed by atoms with Crippen LogP contribution in [0.1, 0.15) is 30.3 Å². The predicted molar refractivity (Wildman–Crippen MR) is 139 cm³/mol. The SMILES string of the molecule is O=C(CO)N(C[C@@H]1CNC[C@@H]1F)[C@@H](c1nc(-c2cc(F)ccc2F)cn1Cc1ccccc1)C1CCOCC1. The average Bonchev–Trinajstić information content (AvgIpc) is 3.56. The number of alkyl halides is 1. The number of imidazole rings is 1. The lowest BCUT2D eigenvalue weighted by atomic mass is 9.88. The summed E-state index contributed by atoms with van der Waals surface area (Å²) in [5.41, 5.74) is 1.20. The zero-order chi connectivity index (χ0) is 27.4. The number of carbonyl (C=O) groups excluding carboxylic acids is 1. The molecule has 3 aromatic rings. The topological polar surface area (TPSA) is 79.6 Å². The molecule has 2 aliphatic heterocycles. The van der Waals surface area contributed by atoms with E-state index in [0.717, 1.165) is 23.8 Å². The third kappa shape index (κ3) is 6.18. The van der Waals surface area contributed by atoms with E-state index in [1.165, 1.54) is 4.90 Å². The Morgan fingerprint density at radius 2 is 1.92 bits per heavy atom. The highest BCUT2D eigenvalue weighted by molar-refractivity contribution is 5.77. The van der Waals surface area contributed by atoms with E-state index in [9.17, 15) is 23.1 Å². The third-order valence-corrected chi connectivity index (χ3v) is 7.66. The first-order valence-corrected chi connectivity index (χ1v) is 13.3. The zero-order valence-electron chi connectivity index (χ0n) is 21.6. The van der Waals surface area contributed by atoms with Gasteiger partial charge in [-0.3, -0.25) is 4.79 Å². The minimum absolute atomic E-state index is 0.0117. The molecule has 2 aliphatic rings. The Labute approximate surface area is 225 Å². The molecule has 5 rings (SSSR count). The van der Waals surface area contributed by atoms with Crippen LogP contribution in [0.2, 0.25) is 0 Å². The molecule has 10 heteroatoms. The fraction of sp³-hybridized carbons (Fsp3) is 0.448. The number of rotatable bonds is 9. The van der Waals surface area contributed by atoms with Crippen LogP contribution >= 0.6 is 0 Å². The van der Waals surface area contributed by atoms with Gasteiger partial charge in [-0.25, -0.2) is 18.2 Å². The molecule has 1 aromatic heterocycles. The lowest BCUT2D eigenvalue weighted by Crippen LogP contribution is -2.46. The van der Waals surface area contributed by atoms with Gasteiger partial charge >= 0.3 is 0 Å². The van der Waals surface area contributed by atoms with Gasteiger partial charge in [-0.15, -0.1) is 0 Å². The number of benzene rings is 2. The summed E-state index contributed by atoms with van der Waals surface area (Å²) < 4.78 is 51.2. The fourth-order valence-electron chi connectivity index (χ4n) is 5.63. The number of amides is 1. The van der Waals surface area contributed by atoms with Crippen molar-refractivity contribution in [1.29, 1.82) is 0 Å². The van der Waals surface area contributed by atoms with Crippen molar-refractivity contribution in [2.45, 2.75) is 31.6 Å². The van der Waals surface area contributed by atoms with Crippen LogP contribution in [0.5, 0.6) is 0 Å². The Bertz CT molecular complexity index is 1270. The number of halogens is 3. The van der Waals surface area contributed by atoms with Crippen LogP contribution in [-0.2, 0) is 16.1 Å². The third-order valence-electron chi connectivity index (χ3n) is 7.66. The summed E-state index contributed by atoms with van der Waals surface area (Å²) in [5, 5.41) is 13.0. The average molecular weight is 543 g/mol. The molecule has 7 nitrogen and oxygen atoms in total. The number of carbonyl (C=O) groups is 1. The lowest BCUT2D eigenvalue weighted by Gasteiger charge is -2.39.